The maximum Gasteiger partial charge on any atom is 0.276 e. The molecule has 0 unspecified atom stereocenters. The number of hydrogen-bond acceptors (Lipinski definition) is 4. The molecule has 1 N–H and O–H groups in total. The summed E-state index contributed by atoms with van der Waals surface area (Å²) in [6, 6.07) is 9.47. The van der Waals surface area contributed by atoms with Crippen LogP contribution in [0.25, 0.3) is 5.69 Å². The molecule has 0 spiro atoms. The van der Waals surface area contributed by atoms with Crippen molar-refractivity contribution in [1.82, 2.24) is 19.9 Å². The molecule has 1 amide bonds. The summed E-state index contributed by atoms with van der Waals surface area (Å²) in [4.78, 5) is 14.0. The number of hydrogen-bond donors (Lipinski definition) is 1. The van der Waals surface area contributed by atoms with Gasteiger partial charge < -0.3 is 10.0 Å². The van der Waals surface area contributed by atoms with Gasteiger partial charge in [0.25, 0.3) is 5.91 Å². The molecule has 0 saturated heterocycles. The zero-order chi connectivity index (χ0) is 15.5. The van der Waals surface area contributed by atoms with Crippen molar-refractivity contribution >= 4 is 5.91 Å². The first-order chi connectivity index (χ1) is 9.90. The summed E-state index contributed by atoms with van der Waals surface area (Å²) in [6.07, 6.45) is 1.60. The Bertz CT molecular complexity index is 602. The molecule has 0 aliphatic heterocycles. The summed E-state index contributed by atoms with van der Waals surface area (Å²) in [5.41, 5.74) is 0.167. The topological polar surface area (TPSA) is 71.2 Å². The molecule has 2 rings (SSSR count). The fourth-order valence-electron chi connectivity index (χ4n) is 2.03. The lowest BCUT2D eigenvalue weighted by molar-refractivity contribution is 0.0311. The summed E-state index contributed by atoms with van der Waals surface area (Å²) in [7, 11) is 0. The largest absolute Gasteiger partial charge is 0.389 e. The third-order valence-electron chi connectivity index (χ3n) is 2.98. The van der Waals surface area contributed by atoms with Crippen LogP contribution in [0.15, 0.2) is 36.5 Å². The Morgan fingerprint density at radius 2 is 2.00 bits per heavy atom. The van der Waals surface area contributed by atoms with Gasteiger partial charge in [0, 0.05) is 13.1 Å². The number of amides is 1. The normalized spacial score (nSPS) is 11.4. The van der Waals surface area contributed by atoms with Crippen molar-refractivity contribution in [3.63, 3.8) is 0 Å². The van der Waals surface area contributed by atoms with E-state index < -0.39 is 5.60 Å². The molecular formula is C15H20N4O2. The summed E-state index contributed by atoms with van der Waals surface area (Å²) in [5.74, 6) is -0.234. The van der Waals surface area contributed by atoms with E-state index in [-0.39, 0.29) is 18.1 Å². The molecular weight excluding hydrogens is 268 g/mol. The van der Waals surface area contributed by atoms with Crippen LogP contribution < -0.4 is 0 Å². The van der Waals surface area contributed by atoms with Crippen LogP contribution in [-0.2, 0) is 0 Å². The van der Waals surface area contributed by atoms with Crippen molar-refractivity contribution < 1.29 is 9.90 Å². The Hall–Kier alpha value is -2.21. The summed E-state index contributed by atoms with van der Waals surface area (Å²) >= 11 is 0. The zero-order valence-electron chi connectivity index (χ0n) is 12.5. The molecule has 1 heterocycles. The predicted octanol–water partition coefficient (Wildman–Crippen LogP) is 1.50. The van der Waals surface area contributed by atoms with Gasteiger partial charge in [0.05, 0.1) is 17.5 Å². The van der Waals surface area contributed by atoms with Crippen molar-refractivity contribution in [3.8, 4) is 5.69 Å². The average molecular weight is 288 g/mol. The monoisotopic (exact) mass is 288 g/mol. The second-order valence-corrected chi connectivity index (χ2v) is 5.52. The van der Waals surface area contributed by atoms with E-state index in [0.29, 0.717) is 6.54 Å². The quantitative estimate of drug-likeness (QED) is 0.905. The Kier molecular flexibility index (Phi) is 4.37. The van der Waals surface area contributed by atoms with Crippen LogP contribution in [-0.4, -0.2) is 49.6 Å². The standard InChI is InChI=1S/C15H20N4O2/c1-4-18(11-15(2,3)21)14(20)13-10-19(17-16-13)12-8-6-5-7-9-12/h5-10,21H,4,11H2,1-3H3. The van der Waals surface area contributed by atoms with Crippen LogP contribution in [0.4, 0.5) is 0 Å². The van der Waals surface area contributed by atoms with Gasteiger partial charge in [0.2, 0.25) is 0 Å². The number of carbonyl (C=O) groups is 1. The SMILES string of the molecule is CCN(CC(C)(C)O)C(=O)c1cn(-c2ccccc2)nn1. The first-order valence-electron chi connectivity index (χ1n) is 6.90. The van der Waals surface area contributed by atoms with E-state index in [9.17, 15) is 9.90 Å². The van der Waals surface area contributed by atoms with Crippen LogP contribution in [0.3, 0.4) is 0 Å². The molecule has 0 radical (unpaired) electrons. The van der Waals surface area contributed by atoms with Gasteiger partial charge in [0.15, 0.2) is 5.69 Å². The lowest BCUT2D eigenvalue weighted by atomic mass is 10.1. The number of likely N-dealkylation sites (N-methyl/N-ethyl adjacent to an activating group) is 1. The third-order valence-corrected chi connectivity index (χ3v) is 2.98. The molecule has 21 heavy (non-hydrogen) atoms. The second kappa shape index (κ2) is 6.05. The molecule has 6 heteroatoms. The molecule has 1 aromatic carbocycles. The van der Waals surface area contributed by atoms with Crippen LogP contribution in [0.2, 0.25) is 0 Å². The van der Waals surface area contributed by atoms with Gasteiger partial charge in [-0.15, -0.1) is 5.10 Å². The molecule has 0 atom stereocenters. The molecule has 0 saturated carbocycles. The lowest BCUT2D eigenvalue weighted by Gasteiger charge is -2.27. The van der Waals surface area contributed by atoms with Crippen molar-refractivity contribution in [1.29, 1.82) is 0 Å². The predicted molar refractivity (Wildman–Crippen MR) is 79.2 cm³/mol. The highest BCUT2D eigenvalue weighted by atomic mass is 16.3. The summed E-state index contributed by atoms with van der Waals surface area (Å²) in [5, 5.41) is 17.8. The zero-order valence-corrected chi connectivity index (χ0v) is 12.5. The van der Waals surface area contributed by atoms with Gasteiger partial charge >= 0.3 is 0 Å². The first kappa shape index (κ1) is 15.2. The highest BCUT2D eigenvalue weighted by Gasteiger charge is 2.24. The van der Waals surface area contributed by atoms with Crippen LogP contribution in [0.1, 0.15) is 31.3 Å². The van der Waals surface area contributed by atoms with Gasteiger partial charge in [-0.1, -0.05) is 23.4 Å². The van der Waals surface area contributed by atoms with E-state index in [1.54, 1.807) is 29.6 Å². The molecule has 6 nitrogen and oxygen atoms in total. The molecule has 0 aliphatic carbocycles. The van der Waals surface area contributed by atoms with Crippen molar-refractivity contribution in [2.24, 2.45) is 0 Å². The van der Waals surface area contributed by atoms with E-state index >= 15 is 0 Å². The number of para-hydroxylation sites is 1. The Labute approximate surface area is 124 Å². The highest BCUT2D eigenvalue weighted by molar-refractivity contribution is 5.92. The van der Waals surface area contributed by atoms with Gasteiger partial charge in [-0.25, -0.2) is 4.68 Å². The molecule has 0 fully saturated rings. The number of aromatic nitrogens is 3. The van der Waals surface area contributed by atoms with Crippen LogP contribution in [0.5, 0.6) is 0 Å². The maximum absolute atomic E-state index is 12.4. The van der Waals surface area contributed by atoms with Crippen LogP contribution >= 0.6 is 0 Å². The van der Waals surface area contributed by atoms with Gasteiger partial charge in [-0.3, -0.25) is 4.79 Å². The van der Waals surface area contributed by atoms with E-state index in [1.807, 2.05) is 37.3 Å². The Morgan fingerprint density at radius 1 is 1.33 bits per heavy atom. The minimum absolute atomic E-state index is 0.234. The smallest absolute Gasteiger partial charge is 0.276 e. The lowest BCUT2D eigenvalue weighted by Crippen LogP contribution is -2.42. The van der Waals surface area contributed by atoms with Crippen molar-refractivity contribution in [2.75, 3.05) is 13.1 Å². The number of rotatable bonds is 5. The molecule has 0 aliphatic rings. The molecule has 0 bridgehead atoms. The van der Waals surface area contributed by atoms with Gasteiger partial charge in [-0.2, -0.15) is 0 Å². The van der Waals surface area contributed by atoms with Crippen molar-refractivity contribution in [2.45, 2.75) is 26.4 Å². The van der Waals surface area contributed by atoms with E-state index in [4.69, 9.17) is 0 Å². The van der Waals surface area contributed by atoms with E-state index in [2.05, 4.69) is 10.3 Å². The third kappa shape index (κ3) is 3.88. The fourth-order valence-corrected chi connectivity index (χ4v) is 2.03. The van der Waals surface area contributed by atoms with Crippen molar-refractivity contribution in [3.05, 3.63) is 42.2 Å². The minimum atomic E-state index is -0.943. The average Bonchev–Trinajstić information content (AvgIpc) is 2.94. The number of aliphatic hydroxyl groups is 1. The second-order valence-electron chi connectivity index (χ2n) is 5.52. The molecule has 1 aromatic heterocycles. The number of nitrogens with zero attached hydrogens (tertiary/aromatic N) is 4. The maximum atomic E-state index is 12.4. The number of benzene rings is 1. The number of carbonyl (C=O) groups excluding carboxylic acids is 1. The van der Waals surface area contributed by atoms with Gasteiger partial charge in [0.1, 0.15) is 0 Å². The molecule has 112 valence electrons. The Morgan fingerprint density at radius 3 is 2.57 bits per heavy atom. The molecule has 2 aromatic rings. The summed E-state index contributed by atoms with van der Waals surface area (Å²) in [6.45, 7) is 5.96. The highest BCUT2D eigenvalue weighted by Crippen LogP contribution is 2.10. The minimum Gasteiger partial charge on any atom is -0.389 e. The van der Waals surface area contributed by atoms with Crippen LogP contribution in [0, 0.1) is 0 Å². The fraction of sp³-hybridized carbons (Fsp3) is 0.400. The summed E-state index contributed by atoms with van der Waals surface area (Å²) < 4.78 is 1.56. The van der Waals surface area contributed by atoms with Gasteiger partial charge in [-0.05, 0) is 32.9 Å². The first-order valence-corrected chi connectivity index (χ1v) is 6.90. The Balaban J connectivity index is 2.18. The van der Waals surface area contributed by atoms with E-state index in [1.165, 1.54) is 0 Å². The van der Waals surface area contributed by atoms with E-state index in [0.717, 1.165) is 5.69 Å².